The van der Waals surface area contributed by atoms with Gasteiger partial charge in [-0.15, -0.1) is 0 Å². The van der Waals surface area contributed by atoms with Gasteiger partial charge in [0.2, 0.25) is 5.13 Å². The first-order valence-corrected chi connectivity index (χ1v) is 8.26. The quantitative estimate of drug-likeness (QED) is 0.633. The van der Waals surface area contributed by atoms with Crippen LogP contribution in [0, 0.1) is 17.0 Å². The van der Waals surface area contributed by atoms with Crippen molar-refractivity contribution in [3.05, 3.63) is 32.9 Å². The molecular formula is C12H15N5O2S2. The van der Waals surface area contributed by atoms with E-state index in [2.05, 4.69) is 19.2 Å². The molecule has 0 bridgehead atoms. The van der Waals surface area contributed by atoms with Crippen LogP contribution in [0.3, 0.4) is 0 Å². The highest BCUT2D eigenvalue weighted by molar-refractivity contribution is 7.13. The monoisotopic (exact) mass is 325 g/mol. The molecule has 0 radical (unpaired) electrons. The van der Waals surface area contributed by atoms with Gasteiger partial charge >= 0.3 is 5.00 Å². The zero-order valence-electron chi connectivity index (χ0n) is 11.6. The Hall–Kier alpha value is -1.58. The molecular weight excluding hydrogens is 310 g/mol. The summed E-state index contributed by atoms with van der Waals surface area (Å²) in [4.78, 5) is 19.3. The third-order valence-electron chi connectivity index (χ3n) is 3.39. The summed E-state index contributed by atoms with van der Waals surface area (Å²) in [6.07, 6.45) is 0. The lowest BCUT2D eigenvalue weighted by atomic mass is 10.2. The van der Waals surface area contributed by atoms with Gasteiger partial charge in [0.05, 0.1) is 4.92 Å². The maximum absolute atomic E-state index is 10.7. The Bertz CT molecular complexity index is 633. The Morgan fingerprint density at radius 3 is 2.71 bits per heavy atom. The molecule has 0 saturated carbocycles. The van der Waals surface area contributed by atoms with Crippen LogP contribution in [0.25, 0.3) is 0 Å². The number of piperazine rings is 1. The first-order valence-electron chi connectivity index (χ1n) is 6.61. The predicted octanol–water partition coefficient (Wildman–Crippen LogP) is 2.14. The molecule has 0 aromatic carbocycles. The lowest BCUT2D eigenvalue weighted by molar-refractivity contribution is -0.380. The molecule has 1 aliphatic heterocycles. The maximum Gasteiger partial charge on any atom is 0.324 e. The summed E-state index contributed by atoms with van der Waals surface area (Å²) >= 11 is 2.63. The fourth-order valence-electron chi connectivity index (χ4n) is 2.31. The molecule has 112 valence electrons. The predicted molar refractivity (Wildman–Crippen MR) is 83.1 cm³/mol. The molecule has 0 aliphatic carbocycles. The normalized spacial score (nSPS) is 16.3. The first-order chi connectivity index (χ1) is 10.1. The van der Waals surface area contributed by atoms with Gasteiger partial charge in [0.25, 0.3) is 0 Å². The molecule has 1 fully saturated rings. The van der Waals surface area contributed by atoms with Gasteiger partial charge in [0, 0.05) is 55.7 Å². The summed E-state index contributed by atoms with van der Waals surface area (Å²) in [6.45, 7) is 6.37. The average Bonchev–Trinajstić information content (AvgIpc) is 3.09. The number of nitro groups is 1. The van der Waals surface area contributed by atoms with E-state index >= 15 is 0 Å². The van der Waals surface area contributed by atoms with Gasteiger partial charge in [0.15, 0.2) is 0 Å². The molecule has 0 atom stereocenters. The van der Waals surface area contributed by atoms with Crippen LogP contribution in [0.1, 0.15) is 11.4 Å². The third-order valence-corrected chi connectivity index (χ3v) is 5.18. The van der Waals surface area contributed by atoms with E-state index in [9.17, 15) is 10.1 Å². The second kappa shape index (κ2) is 6.04. The molecule has 2 aromatic heterocycles. The van der Waals surface area contributed by atoms with E-state index in [1.807, 2.05) is 12.3 Å². The number of hydrogen-bond donors (Lipinski definition) is 0. The maximum atomic E-state index is 10.7. The molecule has 0 amide bonds. The smallest absolute Gasteiger partial charge is 0.324 e. The van der Waals surface area contributed by atoms with Crippen LogP contribution in [0.15, 0.2) is 11.4 Å². The fraction of sp³-hybridized carbons (Fsp3) is 0.500. The Balaban J connectivity index is 1.54. The van der Waals surface area contributed by atoms with Gasteiger partial charge in [-0.25, -0.2) is 4.98 Å². The van der Waals surface area contributed by atoms with E-state index in [0.717, 1.165) is 49.2 Å². The van der Waals surface area contributed by atoms with Gasteiger partial charge < -0.3 is 4.90 Å². The van der Waals surface area contributed by atoms with Crippen molar-refractivity contribution in [2.75, 3.05) is 31.1 Å². The highest BCUT2D eigenvalue weighted by Gasteiger charge is 2.20. The van der Waals surface area contributed by atoms with Gasteiger partial charge in [-0.1, -0.05) is 11.3 Å². The minimum absolute atomic E-state index is 0.216. The zero-order chi connectivity index (χ0) is 14.8. The van der Waals surface area contributed by atoms with Crippen LogP contribution in [0.2, 0.25) is 0 Å². The van der Waals surface area contributed by atoms with Crippen molar-refractivity contribution < 1.29 is 4.92 Å². The van der Waals surface area contributed by atoms with E-state index < -0.39 is 0 Å². The van der Waals surface area contributed by atoms with Crippen molar-refractivity contribution >= 4 is 33.0 Å². The number of thiophene rings is 1. The summed E-state index contributed by atoms with van der Waals surface area (Å²) in [6, 6.07) is 1.67. The van der Waals surface area contributed by atoms with Crippen molar-refractivity contribution in [1.29, 1.82) is 0 Å². The largest absolute Gasteiger partial charge is 0.344 e. The molecule has 7 nitrogen and oxygen atoms in total. The molecule has 2 aromatic rings. The molecule has 0 unspecified atom stereocenters. The highest BCUT2D eigenvalue weighted by Crippen LogP contribution is 2.24. The third kappa shape index (κ3) is 3.36. The number of anilines is 1. The van der Waals surface area contributed by atoms with Crippen LogP contribution in [0.4, 0.5) is 10.1 Å². The summed E-state index contributed by atoms with van der Waals surface area (Å²) < 4.78 is 4.21. The second-order valence-corrected chi connectivity index (χ2v) is 6.56. The molecule has 21 heavy (non-hydrogen) atoms. The van der Waals surface area contributed by atoms with Crippen molar-refractivity contribution in [2.45, 2.75) is 13.5 Å². The number of aromatic nitrogens is 2. The second-order valence-electron chi connectivity index (χ2n) is 4.94. The van der Waals surface area contributed by atoms with E-state index in [4.69, 9.17) is 0 Å². The lowest BCUT2D eigenvalue weighted by Crippen LogP contribution is -2.45. The summed E-state index contributed by atoms with van der Waals surface area (Å²) in [5, 5.41) is 13.8. The Kier molecular flexibility index (Phi) is 4.13. The summed E-state index contributed by atoms with van der Waals surface area (Å²) in [5.41, 5.74) is 1.02. The van der Waals surface area contributed by atoms with E-state index in [-0.39, 0.29) is 9.92 Å². The molecule has 9 heteroatoms. The average molecular weight is 325 g/mol. The van der Waals surface area contributed by atoms with E-state index in [0.29, 0.717) is 0 Å². The molecule has 1 aliphatic rings. The van der Waals surface area contributed by atoms with Gasteiger partial charge in [-0.3, -0.25) is 15.0 Å². The van der Waals surface area contributed by atoms with Crippen molar-refractivity contribution in [3.8, 4) is 0 Å². The lowest BCUT2D eigenvalue weighted by Gasteiger charge is -2.34. The van der Waals surface area contributed by atoms with Crippen molar-refractivity contribution in [2.24, 2.45) is 0 Å². The minimum Gasteiger partial charge on any atom is -0.344 e. The number of rotatable bonds is 4. The highest BCUT2D eigenvalue weighted by atomic mass is 32.1. The molecule has 1 saturated heterocycles. The van der Waals surface area contributed by atoms with Crippen molar-refractivity contribution in [3.63, 3.8) is 0 Å². The minimum atomic E-state index is -0.329. The Morgan fingerprint density at radius 2 is 2.14 bits per heavy atom. The van der Waals surface area contributed by atoms with Gasteiger partial charge in [0.1, 0.15) is 5.82 Å². The van der Waals surface area contributed by atoms with Crippen LogP contribution >= 0.6 is 22.9 Å². The summed E-state index contributed by atoms with van der Waals surface area (Å²) in [5.74, 6) is 0.822. The molecule has 0 spiro atoms. The van der Waals surface area contributed by atoms with Crippen LogP contribution in [-0.4, -0.2) is 45.4 Å². The van der Waals surface area contributed by atoms with Crippen LogP contribution in [0.5, 0.6) is 0 Å². The standard InChI is InChI=1S/C12H15N5O2S2/c1-9-13-12(21-14-9)16-4-2-15(3-5-16)7-10-6-11(17(18)19)20-8-10/h6,8H,2-5,7H2,1H3. The van der Waals surface area contributed by atoms with Gasteiger partial charge in [-0.05, 0) is 12.5 Å². The topological polar surface area (TPSA) is 75.4 Å². The van der Waals surface area contributed by atoms with Crippen LogP contribution < -0.4 is 4.90 Å². The van der Waals surface area contributed by atoms with E-state index in [1.165, 1.54) is 22.9 Å². The molecule has 3 rings (SSSR count). The van der Waals surface area contributed by atoms with Gasteiger partial charge in [-0.2, -0.15) is 4.37 Å². The SMILES string of the molecule is Cc1nsc(N2CCN(Cc3csc([N+](=O)[O-])c3)CC2)n1. The van der Waals surface area contributed by atoms with E-state index in [1.54, 1.807) is 6.07 Å². The summed E-state index contributed by atoms with van der Waals surface area (Å²) in [7, 11) is 0. The Morgan fingerprint density at radius 1 is 1.38 bits per heavy atom. The first kappa shape index (κ1) is 14.4. The zero-order valence-corrected chi connectivity index (χ0v) is 13.2. The number of nitrogens with zero attached hydrogens (tertiary/aromatic N) is 5. The van der Waals surface area contributed by atoms with Crippen molar-refractivity contribution in [1.82, 2.24) is 14.3 Å². The fourth-order valence-corrected chi connectivity index (χ4v) is 3.76. The Labute approximate surface area is 130 Å². The molecule has 0 N–H and O–H groups in total. The molecule has 3 heterocycles. The van der Waals surface area contributed by atoms with Crippen LogP contribution in [-0.2, 0) is 6.54 Å². The number of aryl methyl sites for hydroxylation is 1. The number of hydrogen-bond acceptors (Lipinski definition) is 8.